The Balaban J connectivity index is 1.58. The molecule has 0 aromatic heterocycles. The number of hydrogen-bond donors (Lipinski definition) is 0. The van der Waals surface area contributed by atoms with Crippen LogP contribution >= 0.6 is 0 Å². The van der Waals surface area contributed by atoms with Crippen LogP contribution in [0.15, 0.2) is 30.3 Å². The van der Waals surface area contributed by atoms with Gasteiger partial charge in [0.25, 0.3) is 0 Å². The van der Waals surface area contributed by atoms with Gasteiger partial charge in [-0.15, -0.1) is 0 Å². The fourth-order valence-corrected chi connectivity index (χ4v) is 5.25. The van der Waals surface area contributed by atoms with Crippen LogP contribution in [0, 0.1) is 11.8 Å². The molecular weight excluding hydrogens is 314 g/mol. The van der Waals surface area contributed by atoms with E-state index in [2.05, 4.69) is 7.05 Å². The molecule has 1 aliphatic carbocycles. The predicted octanol–water partition coefficient (Wildman–Crippen LogP) is 2.21. The molecule has 3 aliphatic heterocycles. The highest BCUT2D eigenvalue weighted by atomic mass is 16.6. The van der Waals surface area contributed by atoms with Gasteiger partial charge in [-0.3, -0.25) is 4.79 Å². The highest BCUT2D eigenvalue weighted by Gasteiger charge is 2.47. The second-order valence-electron chi connectivity index (χ2n) is 8.61. The Labute approximate surface area is 150 Å². The molecule has 0 amide bonds. The van der Waals surface area contributed by atoms with Crippen LogP contribution in [0.1, 0.15) is 44.1 Å². The van der Waals surface area contributed by atoms with E-state index in [1.807, 2.05) is 18.2 Å². The van der Waals surface area contributed by atoms with Gasteiger partial charge in [0.1, 0.15) is 6.54 Å². The van der Waals surface area contributed by atoms with Gasteiger partial charge in [-0.05, 0) is 11.5 Å². The second-order valence-corrected chi connectivity index (χ2v) is 8.61. The molecule has 5 rings (SSSR count). The molecule has 136 valence electrons. The molecule has 0 spiro atoms. The van der Waals surface area contributed by atoms with E-state index in [0.717, 1.165) is 49.6 Å². The third kappa shape index (κ3) is 3.00. The van der Waals surface area contributed by atoms with E-state index in [-0.39, 0.29) is 12.0 Å². The summed E-state index contributed by atoms with van der Waals surface area (Å²) in [6, 6.07) is 9.20. The molecule has 0 radical (unpaired) electrons. The number of carbonyl (C=O) groups is 1. The number of hydrogen-bond acceptors (Lipinski definition) is 3. The van der Waals surface area contributed by atoms with Crippen molar-refractivity contribution < 1.29 is 19.1 Å². The smallest absolute Gasteiger partial charge is 0.300 e. The van der Waals surface area contributed by atoms with E-state index in [1.54, 1.807) is 12.1 Å². The summed E-state index contributed by atoms with van der Waals surface area (Å²) in [6.45, 7) is 3.21. The van der Waals surface area contributed by atoms with Crippen molar-refractivity contribution in [3.8, 4) is 0 Å². The number of piperidine rings is 3. The molecule has 1 aromatic rings. The lowest BCUT2D eigenvalue weighted by atomic mass is 9.79. The number of esters is 1. The lowest BCUT2D eigenvalue weighted by molar-refractivity contribution is -0.928. The number of rotatable bonds is 4. The monoisotopic (exact) mass is 343 g/mol. The van der Waals surface area contributed by atoms with Crippen molar-refractivity contribution in [3.63, 3.8) is 0 Å². The fraction of sp³-hybridized carbons (Fsp3) is 0.667. The Bertz CT molecular complexity index is 617. The van der Waals surface area contributed by atoms with Gasteiger partial charge < -0.3 is 14.3 Å². The van der Waals surface area contributed by atoms with E-state index in [9.17, 15) is 9.90 Å². The average Bonchev–Trinajstić information content (AvgIpc) is 3.17. The van der Waals surface area contributed by atoms with E-state index >= 15 is 0 Å². The van der Waals surface area contributed by atoms with Crippen molar-refractivity contribution in [2.75, 3.05) is 26.7 Å². The van der Waals surface area contributed by atoms with Crippen molar-refractivity contribution in [2.24, 2.45) is 11.8 Å². The maximum absolute atomic E-state index is 13.9. The lowest BCUT2D eigenvalue weighted by Gasteiger charge is -2.51. The van der Waals surface area contributed by atoms with Gasteiger partial charge in [0.05, 0.1) is 20.1 Å². The van der Waals surface area contributed by atoms with Gasteiger partial charge >= 0.3 is 5.97 Å². The van der Waals surface area contributed by atoms with Crippen molar-refractivity contribution in [1.29, 1.82) is 0 Å². The van der Waals surface area contributed by atoms with Crippen LogP contribution in [0.5, 0.6) is 0 Å². The maximum atomic E-state index is 13.9. The van der Waals surface area contributed by atoms with Gasteiger partial charge in [-0.2, -0.15) is 0 Å². The fourth-order valence-electron chi connectivity index (χ4n) is 5.25. The summed E-state index contributed by atoms with van der Waals surface area (Å²) in [5.41, 5.74) is -1.17. The first kappa shape index (κ1) is 17.0. The standard InChI is InChI=1S/C21H29NO3/c1-22-13-11-16(12-14-22)19(15-22)25-20(23)21(24,18-9-5-6-10-18)17-7-3-2-4-8-17/h2-4,7-8,16,18-19H,5-6,9-15H2,1H3/t16?,19-,21?,22?/m1/s1. The van der Waals surface area contributed by atoms with Crippen LogP contribution in [0.3, 0.4) is 0 Å². The number of carbonyl (C=O) groups excluding carboxylic acids is 1. The number of fused-ring (bicyclic) bond motifs is 3. The zero-order valence-electron chi connectivity index (χ0n) is 15.2. The Morgan fingerprint density at radius 3 is 2.36 bits per heavy atom. The summed E-state index contributed by atoms with van der Waals surface area (Å²) in [6.07, 6.45) is 5.86. The van der Waals surface area contributed by atoms with Crippen LogP contribution in [0.4, 0.5) is 0 Å². The Morgan fingerprint density at radius 2 is 1.76 bits per heavy atom. The Morgan fingerprint density at radius 1 is 1.12 bits per heavy atom. The van der Waals surface area contributed by atoms with E-state index < -0.39 is 11.6 Å². The average molecular weight is 343 g/mol. The lowest BCUT2D eigenvalue weighted by Crippen LogP contribution is -2.64. The number of nitrogens with zero attached hydrogens (tertiary/aromatic N) is 1. The molecule has 4 heteroatoms. The Kier molecular flexibility index (Phi) is 4.37. The molecule has 4 aliphatic rings. The molecule has 3 saturated heterocycles. The quantitative estimate of drug-likeness (QED) is 0.622. The molecule has 2 atom stereocenters. The predicted molar refractivity (Wildman–Crippen MR) is 93.5 cm³/mol. The molecule has 3 heterocycles. The van der Waals surface area contributed by atoms with E-state index in [4.69, 9.17) is 4.74 Å². The number of quaternary nitrogens is 1. The number of benzene rings is 1. The van der Waals surface area contributed by atoms with Gasteiger partial charge in [-0.25, -0.2) is 0 Å². The molecule has 1 unspecified atom stereocenters. The minimum atomic E-state index is -1.75. The normalized spacial score (nSPS) is 34.6. The summed E-state index contributed by atoms with van der Waals surface area (Å²) in [7, 11) is 2.24. The van der Waals surface area contributed by atoms with Crippen LogP contribution in [-0.2, 0) is 15.1 Å². The topological polar surface area (TPSA) is 49.4 Å². The first-order valence-corrected chi connectivity index (χ1v) is 9.82. The highest BCUT2D eigenvalue weighted by Crippen LogP contribution is 2.41. The van der Waals surface area contributed by atoms with Gasteiger partial charge in [0.15, 0.2) is 6.10 Å². The molecule has 1 aromatic carbocycles. The summed E-state index contributed by atoms with van der Waals surface area (Å²) in [5.74, 6) is -0.239. The highest BCUT2D eigenvalue weighted by molar-refractivity contribution is 5.81. The summed E-state index contributed by atoms with van der Waals surface area (Å²) >= 11 is 0. The molecule has 2 bridgehead atoms. The number of ether oxygens (including phenoxy) is 1. The van der Waals surface area contributed by atoms with Crippen LogP contribution in [0.25, 0.3) is 0 Å². The molecule has 0 N–H and O–H groups in total. The van der Waals surface area contributed by atoms with E-state index in [1.165, 1.54) is 13.1 Å². The molecule has 4 nitrogen and oxygen atoms in total. The van der Waals surface area contributed by atoms with Gasteiger partial charge in [-0.1, -0.05) is 56.0 Å². The molecule has 25 heavy (non-hydrogen) atoms. The van der Waals surface area contributed by atoms with Crippen molar-refractivity contribution >= 4 is 5.97 Å². The maximum Gasteiger partial charge on any atom is 0.300 e. The van der Waals surface area contributed by atoms with Crippen molar-refractivity contribution in [1.82, 2.24) is 0 Å². The first-order chi connectivity index (χ1) is 12.0. The Hall–Kier alpha value is -1.39. The van der Waals surface area contributed by atoms with E-state index in [0.29, 0.717) is 11.5 Å². The molecule has 1 saturated carbocycles. The van der Waals surface area contributed by atoms with Crippen molar-refractivity contribution in [2.45, 2.75) is 50.2 Å². The number of likely N-dealkylation sites (N-methyl/N-ethyl adjacent to an activating group) is 1. The summed E-state index contributed by atoms with van der Waals surface area (Å²) in [5, 5.41) is 13.9. The SMILES string of the molecule is C[N+]12CCC(CC1)[C@H](OC(=O)C([O-])(c1ccccc1)C1CCCC1)C2. The van der Waals surface area contributed by atoms with Crippen LogP contribution in [0.2, 0.25) is 0 Å². The third-order valence-electron chi connectivity index (χ3n) is 6.92. The minimum absolute atomic E-state index is 0.0848. The molecular formula is C21H29NO3. The third-order valence-corrected chi connectivity index (χ3v) is 6.92. The largest absolute Gasteiger partial charge is 0.837 e. The molecule has 4 fully saturated rings. The van der Waals surface area contributed by atoms with Crippen LogP contribution < -0.4 is 5.11 Å². The minimum Gasteiger partial charge on any atom is -0.837 e. The summed E-state index contributed by atoms with van der Waals surface area (Å²) < 4.78 is 6.94. The van der Waals surface area contributed by atoms with Crippen molar-refractivity contribution in [3.05, 3.63) is 35.9 Å². The zero-order valence-corrected chi connectivity index (χ0v) is 15.2. The van der Waals surface area contributed by atoms with Crippen LogP contribution in [-0.4, -0.2) is 43.2 Å². The zero-order chi connectivity index (χ0) is 17.5. The summed E-state index contributed by atoms with van der Waals surface area (Å²) in [4.78, 5) is 13.2. The van der Waals surface area contributed by atoms with Gasteiger partial charge in [0, 0.05) is 24.4 Å². The first-order valence-electron chi connectivity index (χ1n) is 9.82. The van der Waals surface area contributed by atoms with Gasteiger partial charge in [0.2, 0.25) is 0 Å². The second kappa shape index (κ2) is 6.40.